The highest BCUT2D eigenvalue weighted by molar-refractivity contribution is 6.23. The molecule has 0 saturated heterocycles. The quantitative estimate of drug-likeness (QED) is 0.183. The lowest BCUT2D eigenvalue weighted by Gasteiger charge is -2.36. The van der Waals surface area contributed by atoms with Crippen LogP contribution in [-0.2, 0) is 5.41 Å². The van der Waals surface area contributed by atoms with Crippen LogP contribution in [-0.4, -0.2) is 19.5 Å². The number of fused-ring (bicyclic) bond motifs is 9. The third-order valence-corrected chi connectivity index (χ3v) is 10.9. The van der Waals surface area contributed by atoms with Crippen molar-refractivity contribution >= 4 is 43.7 Å². The maximum atomic E-state index is 7.23. The zero-order valence-corrected chi connectivity index (χ0v) is 29.6. The second-order valence-corrected chi connectivity index (χ2v) is 14.4. The van der Waals surface area contributed by atoms with Gasteiger partial charge in [-0.05, 0) is 36.4 Å². The molecule has 6 nitrogen and oxygen atoms in total. The van der Waals surface area contributed by atoms with Gasteiger partial charge in [-0.1, -0.05) is 135 Å². The van der Waals surface area contributed by atoms with Crippen molar-refractivity contribution in [2.24, 2.45) is 0 Å². The smallest absolute Gasteiger partial charge is 0.167 e. The van der Waals surface area contributed by atoms with Crippen LogP contribution in [0, 0.1) is 0 Å². The van der Waals surface area contributed by atoms with Gasteiger partial charge in [0.2, 0.25) is 0 Å². The van der Waals surface area contributed by atoms with E-state index in [0.717, 1.165) is 88.7 Å². The molecule has 0 N–H and O–H groups in total. The van der Waals surface area contributed by atoms with Crippen LogP contribution in [0.25, 0.3) is 83.6 Å². The summed E-state index contributed by atoms with van der Waals surface area (Å²) in [5, 5.41) is 4.42. The van der Waals surface area contributed by atoms with Gasteiger partial charge in [0.1, 0.15) is 16.9 Å². The Morgan fingerprint density at radius 1 is 0.481 bits per heavy atom. The fourth-order valence-corrected chi connectivity index (χ4v) is 8.29. The van der Waals surface area contributed by atoms with Gasteiger partial charge in [0.15, 0.2) is 23.2 Å². The number of hydrogen-bond donors (Lipinski definition) is 0. The summed E-state index contributed by atoms with van der Waals surface area (Å²) in [7, 11) is 0. The molecule has 6 heteroatoms. The zero-order chi connectivity index (χ0) is 36.0. The number of benzene rings is 7. The van der Waals surface area contributed by atoms with Crippen molar-refractivity contribution in [2.45, 2.75) is 19.3 Å². The zero-order valence-electron chi connectivity index (χ0n) is 29.6. The van der Waals surface area contributed by atoms with E-state index in [4.69, 9.17) is 24.1 Å². The van der Waals surface area contributed by atoms with E-state index in [1.165, 1.54) is 0 Å². The van der Waals surface area contributed by atoms with Crippen molar-refractivity contribution in [3.63, 3.8) is 0 Å². The number of rotatable bonds is 4. The number of aromatic nitrogens is 4. The van der Waals surface area contributed by atoms with Crippen LogP contribution in [0.4, 0.5) is 0 Å². The van der Waals surface area contributed by atoms with E-state index in [-0.39, 0.29) is 0 Å². The molecule has 0 unspecified atom stereocenters. The summed E-state index contributed by atoms with van der Waals surface area (Å²) in [6.07, 6.45) is 0. The van der Waals surface area contributed by atoms with Crippen LogP contribution in [0.5, 0.6) is 11.5 Å². The molecule has 0 bridgehead atoms. The molecule has 10 aromatic rings. The number of furan rings is 1. The van der Waals surface area contributed by atoms with Gasteiger partial charge in [-0.3, -0.25) is 0 Å². The van der Waals surface area contributed by atoms with Gasteiger partial charge in [0.05, 0.1) is 27.7 Å². The van der Waals surface area contributed by atoms with Gasteiger partial charge >= 0.3 is 0 Å². The Labute approximate surface area is 311 Å². The average molecular weight is 697 g/mol. The largest absolute Gasteiger partial charge is 0.455 e. The van der Waals surface area contributed by atoms with Crippen LogP contribution < -0.4 is 4.74 Å². The average Bonchev–Trinajstić information content (AvgIpc) is 3.77. The molecular formula is C48H32N4O2. The molecule has 1 aliphatic heterocycles. The molecule has 0 amide bonds. The van der Waals surface area contributed by atoms with Gasteiger partial charge in [-0.25, -0.2) is 15.0 Å². The molecule has 1 aliphatic rings. The van der Waals surface area contributed by atoms with E-state index >= 15 is 0 Å². The van der Waals surface area contributed by atoms with Crippen molar-refractivity contribution in [3.05, 3.63) is 169 Å². The maximum Gasteiger partial charge on any atom is 0.167 e. The van der Waals surface area contributed by atoms with Crippen molar-refractivity contribution in [1.82, 2.24) is 19.5 Å². The first-order valence-corrected chi connectivity index (χ1v) is 18.2. The predicted octanol–water partition coefficient (Wildman–Crippen LogP) is 12.3. The van der Waals surface area contributed by atoms with E-state index in [1.807, 2.05) is 72.8 Å². The summed E-state index contributed by atoms with van der Waals surface area (Å²) in [5.41, 5.74) is 9.26. The van der Waals surface area contributed by atoms with Gasteiger partial charge in [-0.15, -0.1) is 0 Å². The minimum atomic E-state index is -0.406. The fraction of sp³-hybridized carbons (Fsp3) is 0.0625. The third-order valence-electron chi connectivity index (χ3n) is 10.9. The minimum Gasteiger partial charge on any atom is -0.455 e. The van der Waals surface area contributed by atoms with Gasteiger partial charge < -0.3 is 13.7 Å². The highest BCUT2D eigenvalue weighted by Crippen LogP contribution is 2.54. The molecule has 0 saturated carbocycles. The van der Waals surface area contributed by atoms with Crippen LogP contribution >= 0.6 is 0 Å². The molecule has 0 spiro atoms. The molecule has 54 heavy (non-hydrogen) atoms. The Balaban J connectivity index is 1.15. The van der Waals surface area contributed by atoms with Crippen molar-refractivity contribution in [3.8, 4) is 51.3 Å². The first kappa shape index (κ1) is 30.6. The Morgan fingerprint density at radius 3 is 1.83 bits per heavy atom. The van der Waals surface area contributed by atoms with E-state index in [2.05, 4.69) is 103 Å². The summed E-state index contributed by atoms with van der Waals surface area (Å²) >= 11 is 0. The molecular weight excluding hydrogens is 665 g/mol. The molecule has 0 fully saturated rings. The molecule has 0 atom stereocenters. The molecule has 7 aromatic carbocycles. The molecule has 4 heterocycles. The number of nitrogens with zero attached hydrogens (tertiary/aromatic N) is 4. The standard InChI is InChI=1S/C48H32N4O2/c1-48(2)35-22-13-21-34(47-50-45(29-15-5-3-6-16-29)49-46(51-47)30-17-7-4-8-18-30)42(35)54-44-36(48)23-14-25-39(44)52-37-24-11-9-20-33(37)41-38(52)28-27-32-31-19-10-12-26-40(31)53-43(32)41/h3-28H,1-2H3. The summed E-state index contributed by atoms with van der Waals surface area (Å²) in [6.45, 7) is 4.53. The monoisotopic (exact) mass is 696 g/mol. The molecule has 11 rings (SSSR count). The SMILES string of the molecule is CC1(C)c2cccc(-c3nc(-c4ccccc4)nc(-c4ccccc4)n3)c2Oc2c(-n3c4ccccc4c4c5oc6ccccc6c5ccc43)cccc21. The first-order chi connectivity index (χ1) is 26.5. The number of para-hydroxylation sites is 4. The van der Waals surface area contributed by atoms with E-state index in [1.54, 1.807) is 0 Å². The van der Waals surface area contributed by atoms with Crippen molar-refractivity contribution in [1.29, 1.82) is 0 Å². The summed E-state index contributed by atoms with van der Waals surface area (Å²) < 4.78 is 16.2. The van der Waals surface area contributed by atoms with E-state index in [9.17, 15) is 0 Å². The van der Waals surface area contributed by atoms with E-state index < -0.39 is 5.41 Å². The van der Waals surface area contributed by atoms with Gasteiger partial charge in [0.25, 0.3) is 0 Å². The van der Waals surface area contributed by atoms with Gasteiger partial charge in [-0.2, -0.15) is 0 Å². The summed E-state index contributed by atoms with van der Waals surface area (Å²) in [5.74, 6) is 3.31. The van der Waals surface area contributed by atoms with Crippen LogP contribution in [0.2, 0.25) is 0 Å². The van der Waals surface area contributed by atoms with Gasteiger partial charge in [0, 0.05) is 43.8 Å². The molecule has 3 aromatic heterocycles. The highest BCUT2D eigenvalue weighted by atomic mass is 16.5. The molecule has 0 radical (unpaired) electrons. The lowest BCUT2D eigenvalue weighted by atomic mass is 9.75. The third kappa shape index (κ3) is 4.43. The fourth-order valence-electron chi connectivity index (χ4n) is 8.29. The Bertz CT molecular complexity index is 3050. The van der Waals surface area contributed by atoms with Crippen molar-refractivity contribution < 1.29 is 9.15 Å². The Kier molecular flexibility index (Phi) is 6.49. The van der Waals surface area contributed by atoms with E-state index in [0.29, 0.717) is 17.5 Å². The second-order valence-electron chi connectivity index (χ2n) is 14.4. The topological polar surface area (TPSA) is 66.0 Å². The van der Waals surface area contributed by atoms with Crippen molar-refractivity contribution in [2.75, 3.05) is 0 Å². The minimum absolute atomic E-state index is 0.406. The molecule has 256 valence electrons. The second kappa shape index (κ2) is 11.5. The van der Waals surface area contributed by atoms with Crippen LogP contribution in [0.3, 0.4) is 0 Å². The lowest BCUT2D eigenvalue weighted by Crippen LogP contribution is -2.25. The molecule has 0 aliphatic carbocycles. The number of ether oxygens (including phenoxy) is 1. The Hall–Kier alpha value is -7.05. The maximum absolute atomic E-state index is 7.23. The summed E-state index contributed by atoms with van der Waals surface area (Å²) in [4.78, 5) is 15.1. The highest BCUT2D eigenvalue weighted by Gasteiger charge is 2.38. The van der Waals surface area contributed by atoms with Crippen LogP contribution in [0.15, 0.2) is 162 Å². The number of hydrogen-bond acceptors (Lipinski definition) is 5. The summed E-state index contributed by atoms with van der Waals surface area (Å²) in [6, 6.07) is 54.1. The predicted molar refractivity (Wildman–Crippen MR) is 216 cm³/mol. The Morgan fingerprint density at radius 2 is 1.09 bits per heavy atom. The van der Waals surface area contributed by atoms with Crippen LogP contribution in [0.1, 0.15) is 25.0 Å². The first-order valence-electron chi connectivity index (χ1n) is 18.2. The lowest BCUT2D eigenvalue weighted by molar-refractivity contribution is 0.418. The normalized spacial score (nSPS) is 13.3.